The van der Waals surface area contributed by atoms with Crippen LogP contribution in [0.1, 0.15) is 48.8 Å². The molecule has 1 heterocycles. The van der Waals surface area contributed by atoms with Gasteiger partial charge in [-0.1, -0.05) is 91.0 Å². The lowest BCUT2D eigenvalue weighted by atomic mass is 9.96. The van der Waals surface area contributed by atoms with Gasteiger partial charge in [0.2, 0.25) is 12.7 Å². The number of aryl methyl sites for hydroxylation is 5. The minimum Gasteiger partial charge on any atom is -0.478 e. The molecule has 0 atom stereocenters. The highest BCUT2D eigenvalue weighted by atomic mass is 31.2. The molecular weight excluding hydrogens is 517 g/mol. The van der Waals surface area contributed by atoms with Crippen molar-refractivity contribution in [3.8, 4) is 0 Å². The molecule has 0 amide bonds. The first kappa shape index (κ1) is 28.7. The summed E-state index contributed by atoms with van der Waals surface area (Å²) in [6, 6.07) is 29.6. The molecule has 0 saturated heterocycles. The SMILES string of the molecule is Cc1cc(C)c(C(=O)P(=O)(c2ccccc2)c2ccccc2)c(C)n1.Cc1cc2ccccc2c(C)c1C(=O)O. The molecule has 0 aliphatic rings. The lowest BCUT2D eigenvalue weighted by Gasteiger charge is -2.20. The van der Waals surface area contributed by atoms with E-state index in [4.69, 9.17) is 5.11 Å². The van der Waals surface area contributed by atoms with Gasteiger partial charge < -0.3 is 9.67 Å². The maximum absolute atomic E-state index is 14.1. The first-order valence-corrected chi connectivity index (χ1v) is 14.7. The van der Waals surface area contributed by atoms with Crippen LogP contribution in [0.5, 0.6) is 0 Å². The number of carboxylic acids is 1. The van der Waals surface area contributed by atoms with E-state index in [1.807, 2.05) is 100 Å². The molecule has 5 nitrogen and oxygen atoms in total. The summed E-state index contributed by atoms with van der Waals surface area (Å²) in [4.78, 5) is 29.0. The fourth-order valence-corrected chi connectivity index (χ4v) is 7.80. The number of carbonyl (C=O) groups is 2. The van der Waals surface area contributed by atoms with Crippen LogP contribution >= 0.6 is 7.14 Å². The van der Waals surface area contributed by atoms with Gasteiger partial charge in [0.05, 0.1) is 11.1 Å². The van der Waals surface area contributed by atoms with Crippen molar-refractivity contribution in [1.29, 1.82) is 0 Å². The van der Waals surface area contributed by atoms with E-state index in [0.717, 1.165) is 33.2 Å². The van der Waals surface area contributed by atoms with E-state index in [1.165, 1.54) is 0 Å². The maximum atomic E-state index is 14.1. The topological polar surface area (TPSA) is 84.3 Å². The molecule has 1 aromatic heterocycles. The van der Waals surface area contributed by atoms with Crippen LogP contribution in [0.15, 0.2) is 97.1 Å². The number of carboxylic acid groups (broad SMARTS) is 1. The largest absolute Gasteiger partial charge is 0.478 e. The van der Waals surface area contributed by atoms with Gasteiger partial charge in [-0.3, -0.25) is 9.78 Å². The number of rotatable bonds is 5. The van der Waals surface area contributed by atoms with Crippen LogP contribution in [0.4, 0.5) is 0 Å². The van der Waals surface area contributed by atoms with Crippen LogP contribution in [0.25, 0.3) is 10.8 Å². The number of carbonyl (C=O) groups excluding carboxylic acids is 1. The Labute approximate surface area is 234 Å². The Morgan fingerprint density at radius 1 is 0.675 bits per heavy atom. The van der Waals surface area contributed by atoms with Crippen LogP contribution < -0.4 is 10.6 Å². The van der Waals surface area contributed by atoms with Gasteiger partial charge in [0.1, 0.15) is 0 Å². The minimum absolute atomic E-state index is 0.354. The Morgan fingerprint density at radius 3 is 1.70 bits per heavy atom. The zero-order valence-corrected chi connectivity index (χ0v) is 24.2. The second-order valence-electron chi connectivity index (χ2n) is 9.85. The van der Waals surface area contributed by atoms with E-state index in [2.05, 4.69) is 4.98 Å². The van der Waals surface area contributed by atoms with Crippen LogP contribution in [0, 0.1) is 34.6 Å². The van der Waals surface area contributed by atoms with Crippen LogP contribution in [-0.2, 0) is 4.57 Å². The Morgan fingerprint density at radius 2 is 1.18 bits per heavy atom. The van der Waals surface area contributed by atoms with Gasteiger partial charge in [0.25, 0.3) is 0 Å². The number of hydrogen-bond acceptors (Lipinski definition) is 4. The third-order valence-electron chi connectivity index (χ3n) is 6.99. The second kappa shape index (κ2) is 11.8. The molecule has 0 fully saturated rings. The van der Waals surface area contributed by atoms with Crippen molar-refractivity contribution in [1.82, 2.24) is 4.98 Å². The predicted molar refractivity (Wildman–Crippen MR) is 163 cm³/mol. The van der Waals surface area contributed by atoms with Crippen molar-refractivity contribution in [3.05, 3.63) is 136 Å². The van der Waals surface area contributed by atoms with Gasteiger partial charge in [-0.25, -0.2) is 4.79 Å². The number of hydrogen-bond donors (Lipinski definition) is 1. The Kier molecular flexibility index (Phi) is 8.46. The second-order valence-corrected chi connectivity index (χ2v) is 12.5. The summed E-state index contributed by atoms with van der Waals surface area (Å²) in [5.74, 6) is -0.851. The van der Waals surface area contributed by atoms with E-state index < -0.39 is 13.1 Å². The van der Waals surface area contributed by atoms with Gasteiger partial charge >= 0.3 is 5.97 Å². The summed E-state index contributed by atoms with van der Waals surface area (Å²) in [6.07, 6.45) is 0. The number of aromatic carboxylic acids is 1. The van der Waals surface area contributed by atoms with Gasteiger partial charge in [-0.2, -0.15) is 0 Å². The number of benzene rings is 4. The van der Waals surface area contributed by atoms with E-state index in [0.29, 0.717) is 27.4 Å². The van der Waals surface area contributed by atoms with Crippen molar-refractivity contribution in [3.63, 3.8) is 0 Å². The van der Waals surface area contributed by atoms with Crippen molar-refractivity contribution < 1.29 is 19.3 Å². The number of fused-ring (bicyclic) bond motifs is 1. The molecule has 1 N–H and O–H groups in total. The zero-order chi connectivity index (χ0) is 29.0. The van der Waals surface area contributed by atoms with Gasteiger partial charge in [0, 0.05) is 22.0 Å². The average molecular weight is 550 g/mol. The molecular formula is C34H32NO4P. The molecule has 0 aliphatic carbocycles. The molecule has 0 spiro atoms. The predicted octanol–water partition coefficient (Wildman–Crippen LogP) is 7.32. The molecule has 40 heavy (non-hydrogen) atoms. The standard InChI is InChI=1S/C21H20NO2P.C13H12O2/c1-15-14-16(2)22-17(3)20(15)21(23)25(24,18-10-6-4-7-11-18)19-12-8-5-9-13-19;1-8-7-10-5-3-4-6-11(10)9(2)12(8)13(14)15/h4-14H,1-3H3;3-7H,1-2H3,(H,14,15). The van der Waals surface area contributed by atoms with Gasteiger partial charge in [-0.05, 0) is 68.1 Å². The lowest BCUT2D eigenvalue weighted by molar-refractivity contribution is 0.0695. The summed E-state index contributed by atoms with van der Waals surface area (Å²) in [5, 5.41) is 12.3. The lowest BCUT2D eigenvalue weighted by Crippen LogP contribution is -2.24. The highest BCUT2D eigenvalue weighted by Gasteiger charge is 2.38. The Bertz CT molecular complexity index is 1700. The van der Waals surface area contributed by atoms with Crippen molar-refractivity contribution in [2.75, 3.05) is 0 Å². The normalized spacial score (nSPS) is 11.0. The van der Waals surface area contributed by atoms with E-state index >= 15 is 0 Å². The van der Waals surface area contributed by atoms with Gasteiger partial charge in [-0.15, -0.1) is 0 Å². The summed E-state index contributed by atoms with van der Waals surface area (Å²) in [6.45, 7) is 9.26. The summed E-state index contributed by atoms with van der Waals surface area (Å²) >= 11 is 0. The highest BCUT2D eigenvalue weighted by Crippen LogP contribution is 2.47. The molecule has 0 aliphatic heterocycles. The number of aromatic nitrogens is 1. The molecule has 202 valence electrons. The van der Waals surface area contributed by atoms with Crippen LogP contribution in [0.3, 0.4) is 0 Å². The monoisotopic (exact) mass is 549 g/mol. The summed E-state index contributed by atoms with van der Waals surface area (Å²) in [5.41, 5.74) is 4.47. The number of nitrogens with zero attached hydrogens (tertiary/aromatic N) is 1. The molecule has 0 bridgehead atoms. The smallest absolute Gasteiger partial charge is 0.336 e. The molecule has 0 radical (unpaired) electrons. The Hall–Kier alpha value is -4.34. The molecule has 6 heteroatoms. The average Bonchev–Trinajstić information content (AvgIpc) is 2.93. The summed E-state index contributed by atoms with van der Waals surface area (Å²) < 4.78 is 14.1. The molecule has 0 saturated carbocycles. The van der Waals surface area contributed by atoms with E-state index in [-0.39, 0.29) is 5.52 Å². The molecule has 0 unspecified atom stereocenters. The first-order valence-electron chi connectivity index (χ1n) is 13.0. The minimum atomic E-state index is -3.48. The van der Waals surface area contributed by atoms with Crippen LogP contribution in [0.2, 0.25) is 0 Å². The van der Waals surface area contributed by atoms with Crippen molar-refractivity contribution in [2.45, 2.75) is 34.6 Å². The van der Waals surface area contributed by atoms with E-state index in [9.17, 15) is 14.2 Å². The molecule has 4 aromatic carbocycles. The van der Waals surface area contributed by atoms with Crippen molar-refractivity contribution >= 4 is 40.0 Å². The third-order valence-corrected chi connectivity index (χ3v) is 9.83. The van der Waals surface area contributed by atoms with Gasteiger partial charge in [0.15, 0.2) is 0 Å². The fraction of sp³-hybridized carbons (Fsp3) is 0.147. The van der Waals surface area contributed by atoms with Crippen LogP contribution in [-0.4, -0.2) is 21.6 Å². The first-order chi connectivity index (χ1) is 19.1. The van der Waals surface area contributed by atoms with Crippen molar-refractivity contribution in [2.24, 2.45) is 0 Å². The zero-order valence-electron chi connectivity index (χ0n) is 23.3. The third kappa shape index (κ3) is 5.52. The maximum Gasteiger partial charge on any atom is 0.336 e. The molecule has 5 rings (SSSR count). The highest BCUT2D eigenvalue weighted by molar-refractivity contribution is 7.93. The fourth-order valence-electron chi connectivity index (χ4n) is 5.19. The molecule has 5 aromatic rings. The van der Waals surface area contributed by atoms with E-state index in [1.54, 1.807) is 31.2 Å². The number of pyridine rings is 1. The summed E-state index contributed by atoms with van der Waals surface area (Å²) in [7, 11) is -3.48. The quantitative estimate of drug-likeness (QED) is 0.232. The Balaban J connectivity index is 0.000000210.